The number of nitrogens with zero attached hydrogens (tertiary/aromatic N) is 4. The molecule has 1 fully saturated rings. The van der Waals surface area contributed by atoms with Crippen molar-refractivity contribution in [2.24, 2.45) is 0 Å². The minimum Gasteiger partial charge on any atom is -0.446 e. The molecule has 1 N–H and O–H groups in total. The number of ether oxygens (including phenoxy) is 5. The molecule has 11 nitrogen and oxygen atoms in total. The third-order valence-electron chi connectivity index (χ3n) is 8.75. The number of benzene rings is 4. The highest BCUT2D eigenvalue weighted by molar-refractivity contribution is 7.79. The fraction of sp³-hybridized carbons (Fsp3) is 0.195. The molecular weight excluding hydrogens is 691 g/mol. The van der Waals surface area contributed by atoms with Crippen molar-refractivity contribution in [1.82, 2.24) is 19.5 Å². The van der Waals surface area contributed by atoms with E-state index in [1.165, 1.54) is 6.33 Å². The lowest BCUT2D eigenvalue weighted by molar-refractivity contribution is -0.154. The lowest BCUT2D eigenvalue weighted by Crippen LogP contribution is -2.49. The van der Waals surface area contributed by atoms with Crippen LogP contribution in [0.3, 0.4) is 0 Å². The fourth-order valence-electron chi connectivity index (χ4n) is 6.28. The molecule has 0 saturated carbocycles. The van der Waals surface area contributed by atoms with E-state index in [1.807, 2.05) is 84.9 Å². The molecule has 53 heavy (non-hydrogen) atoms. The number of rotatable bonds is 14. The van der Waals surface area contributed by atoms with Crippen molar-refractivity contribution in [3.63, 3.8) is 0 Å². The molecule has 4 atom stereocenters. The Hall–Kier alpha value is -5.79. The average Bonchev–Trinajstić information content (AvgIpc) is 3.75. The highest BCUT2D eigenvalue weighted by Crippen LogP contribution is 2.45. The highest BCUT2D eigenvalue weighted by atomic mass is 32.1. The van der Waals surface area contributed by atoms with Crippen LogP contribution in [-0.2, 0) is 32.2 Å². The topological polar surface area (TPSA) is 119 Å². The van der Waals surface area contributed by atoms with Gasteiger partial charge in [-0.15, -0.1) is 6.58 Å². The number of amides is 1. The fourth-order valence-corrected chi connectivity index (χ4v) is 6.49. The summed E-state index contributed by atoms with van der Waals surface area (Å²) in [6, 6.07) is 37.7. The van der Waals surface area contributed by atoms with Crippen LogP contribution >= 0.6 is 12.2 Å². The number of carbonyl (C=O) groups is 1. The van der Waals surface area contributed by atoms with Crippen LogP contribution in [0, 0.1) is 0 Å². The molecule has 12 heteroatoms. The average molecular weight is 728 g/mol. The molecule has 1 aliphatic rings. The van der Waals surface area contributed by atoms with Crippen LogP contribution in [0.2, 0.25) is 0 Å². The van der Waals surface area contributed by atoms with E-state index >= 15 is 0 Å². The van der Waals surface area contributed by atoms with Crippen molar-refractivity contribution in [3.05, 3.63) is 163 Å². The first-order chi connectivity index (χ1) is 26.0. The van der Waals surface area contributed by atoms with Gasteiger partial charge < -0.3 is 29.0 Å². The van der Waals surface area contributed by atoms with Crippen LogP contribution in [0.15, 0.2) is 147 Å². The van der Waals surface area contributed by atoms with Gasteiger partial charge in [0.15, 0.2) is 29.3 Å². The van der Waals surface area contributed by atoms with Gasteiger partial charge in [-0.05, 0) is 41.8 Å². The van der Waals surface area contributed by atoms with Gasteiger partial charge in [-0.3, -0.25) is 9.36 Å². The molecule has 0 aliphatic carbocycles. The molecule has 0 spiro atoms. The molecule has 7 rings (SSSR count). The summed E-state index contributed by atoms with van der Waals surface area (Å²) in [6.45, 7) is 4.77. The highest BCUT2D eigenvalue weighted by Gasteiger charge is 2.58. The monoisotopic (exact) mass is 727 g/mol. The second kappa shape index (κ2) is 16.7. The van der Waals surface area contributed by atoms with Crippen molar-refractivity contribution in [3.8, 4) is 5.75 Å². The second-order valence-electron chi connectivity index (χ2n) is 12.4. The molecule has 1 amide bonds. The summed E-state index contributed by atoms with van der Waals surface area (Å²) in [6.07, 6.45) is 2.46. The van der Waals surface area contributed by atoms with Gasteiger partial charge in [0.25, 0.3) is 5.91 Å². The number of carbonyl (C=O) groups excluding carboxylic acids is 1. The number of para-hydroxylation sites is 1. The molecule has 6 aromatic rings. The zero-order valence-corrected chi connectivity index (χ0v) is 29.5. The molecule has 3 heterocycles. The van der Waals surface area contributed by atoms with Crippen LogP contribution in [0.1, 0.15) is 34.1 Å². The molecule has 0 bridgehead atoms. The lowest BCUT2D eigenvalue weighted by atomic mass is 9.91. The zero-order chi connectivity index (χ0) is 36.5. The van der Waals surface area contributed by atoms with Gasteiger partial charge in [0.2, 0.25) is 0 Å². The summed E-state index contributed by atoms with van der Waals surface area (Å²) in [5.41, 5.74) is 2.06. The third kappa shape index (κ3) is 8.32. The minimum atomic E-state index is -1.11. The van der Waals surface area contributed by atoms with Gasteiger partial charge in [0, 0.05) is 17.8 Å². The predicted octanol–water partition coefficient (Wildman–Crippen LogP) is 7.47. The maximum absolute atomic E-state index is 13.1. The summed E-state index contributed by atoms with van der Waals surface area (Å²) in [5, 5.41) is 2.74. The quantitative estimate of drug-likeness (QED) is 0.0894. The van der Waals surface area contributed by atoms with Crippen LogP contribution in [0.25, 0.3) is 11.2 Å². The summed E-state index contributed by atoms with van der Waals surface area (Å²) < 4.78 is 34.4. The smallest absolute Gasteiger partial charge is 0.358 e. The maximum atomic E-state index is 13.1. The standard InChI is InChI=1S/C41H37N5O6S/c1-2-23-41(26-48-24-29-15-7-3-8-16-29)35(49-25-30-17-9-4-10-18-30)34(51-40(53)50-32-21-13-6-14-22-32)39(52-41)46-28-44-33-36(42-27-43-37(33)46)45-38(47)31-19-11-5-12-20-31/h2-22,27-28,34-35,39H,1,23-26H2,(H,42,43,45,47)/t34-,35+,39-,41-/m1/s1. The van der Waals surface area contributed by atoms with Gasteiger partial charge in [-0.1, -0.05) is 103 Å². The van der Waals surface area contributed by atoms with Gasteiger partial charge in [0.1, 0.15) is 23.8 Å². The number of aromatic nitrogens is 4. The molecule has 1 saturated heterocycles. The van der Waals surface area contributed by atoms with E-state index in [2.05, 4.69) is 26.8 Å². The molecular formula is C41H37N5O6S. The number of fused-ring (bicyclic) bond motifs is 1. The number of hydrogen-bond donors (Lipinski definition) is 1. The van der Waals surface area contributed by atoms with E-state index in [0.29, 0.717) is 35.5 Å². The van der Waals surface area contributed by atoms with Crippen molar-refractivity contribution in [2.75, 3.05) is 11.9 Å². The molecule has 2 aromatic heterocycles. The Kier molecular flexibility index (Phi) is 11.2. The van der Waals surface area contributed by atoms with E-state index in [9.17, 15) is 4.79 Å². The summed E-state index contributed by atoms with van der Waals surface area (Å²) in [7, 11) is 0. The molecule has 4 aromatic carbocycles. The second-order valence-corrected chi connectivity index (χ2v) is 12.7. The Balaban J connectivity index is 1.27. The SMILES string of the molecule is C=CC[C@]1(COCc2ccccc2)O[C@@H](n2cnc3c(NC(=O)c4ccccc4)ncnc32)[C@H](OC(=S)Oc2ccccc2)[C@@H]1OCc1ccccc1. The first kappa shape index (κ1) is 35.6. The van der Waals surface area contributed by atoms with Crippen LogP contribution in [0.4, 0.5) is 5.82 Å². The maximum Gasteiger partial charge on any atom is 0.358 e. The van der Waals surface area contributed by atoms with E-state index in [0.717, 1.165) is 11.1 Å². The summed E-state index contributed by atoms with van der Waals surface area (Å²) in [4.78, 5) is 26.7. The first-order valence-electron chi connectivity index (χ1n) is 17.1. The normalized spacial score (nSPS) is 19.4. The number of imidazole rings is 1. The summed E-state index contributed by atoms with van der Waals surface area (Å²) in [5.74, 6) is 0.413. The van der Waals surface area contributed by atoms with Crippen LogP contribution in [0.5, 0.6) is 5.75 Å². The van der Waals surface area contributed by atoms with Gasteiger partial charge in [-0.2, -0.15) is 0 Å². The number of nitrogens with one attached hydrogen (secondary N) is 1. The number of anilines is 1. The number of thiocarbonyl (C=S) groups is 1. The van der Waals surface area contributed by atoms with Gasteiger partial charge >= 0.3 is 5.24 Å². The molecule has 268 valence electrons. The Labute approximate surface area is 312 Å². The van der Waals surface area contributed by atoms with Crippen molar-refractivity contribution in [1.29, 1.82) is 0 Å². The summed E-state index contributed by atoms with van der Waals surface area (Å²) >= 11 is 5.68. The molecule has 0 unspecified atom stereocenters. The van der Waals surface area contributed by atoms with Crippen LogP contribution in [-0.4, -0.2) is 55.1 Å². The Bertz CT molecular complexity index is 2140. The largest absolute Gasteiger partial charge is 0.446 e. The predicted molar refractivity (Wildman–Crippen MR) is 203 cm³/mol. The Morgan fingerprint density at radius 3 is 2.19 bits per heavy atom. The number of hydrogen-bond acceptors (Lipinski definition) is 10. The molecule has 0 radical (unpaired) electrons. The van der Waals surface area contributed by atoms with Crippen molar-refractivity contribution < 1.29 is 28.5 Å². The van der Waals surface area contributed by atoms with Crippen LogP contribution < -0.4 is 10.1 Å². The third-order valence-corrected chi connectivity index (χ3v) is 8.93. The van der Waals surface area contributed by atoms with Crippen molar-refractivity contribution in [2.45, 2.75) is 43.7 Å². The molecule has 1 aliphatic heterocycles. The first-order valence-corrected chi connectivity index (χ1v) is 17.5. The Morgan fingerprint density at radius 2 is 1.51 bits per heavy atom. The van der Waals surface area contributed by atoms with E-state index < -0.39 is 24.0 Å². The lowest BCUT2D eigenvalue weighted by Gasteiger charge is -2.34. The minimum absolute atomic E-state index is 0.121. The Morgan fingerprint density at radius 1 is 0.868 bits per heavy atom. The van der Waals surface area contributed by atoms with E-state index in [1.54, 1.807) is 53.4 Å². The van der Waals surface area contributed by atoms with Crippen molar-refractivity contribution >= 4 is 40.3 Å². The van der Waals surface area contributed by atoms with Gasteiger partial charge in [0.05, 0.1) is 26.1 Å². The zero-order valence-electron chi connectivity index (χ0n) is 28.7. The van der Waals surface area contributed by atoms with Gasteiger partial charge in [-0.25, -0.2) is 15.0 Å². The van der Waals surface area contributed by atoms with E-state index in [4.69, 9.17) is 35.9 Å². The van der Waals surface area contributed by atoms with E-state index in [-0.39, 0.29) is 30.2 Å².